The number of azo groups is 2. The summed E-state index contributed by atoms with van der Waals surface area (Å²) in [6.07, 6.45) is 6.19. The number of phenols is 1. The van der Waals surface area contributed by atoms with Gasteiger partial charge in [0, 0.05) is 45.5 Å². The lowest BCUT2D eigenvalue weighted by molar-refractivity contribution is -0.126. The molecule has 2 aliphatic heterocycles. The van der Waals surface area contributed by atoms with E-state index in [2.05, 4.69) is 20.5 Å². The summed E-state index contributed by atoms with van der Waals surface area (Å²) in [5.74, 6) is -5.21. The minimum Gasteiger partial charge on any atom is -0.502 e. The summed E-state index contributed by atoms with van der Waals surface area (Å²) >= 11 is 0. The van der Waals surface area contributed by atoms with Crippen LogP contribution in [0.5, 0.6) is 17.2 Å². The summed E-state index contributed by atoms with van der Waals surface area (Å²) in [7, 11) is 10.7. The van der Waals surface area contributed by atoms with Crippen LogP contribution in [-0.4, -0.2) is 71.1 Å². The number of hydrogen-bond acceptors (Lipinski definition) is 13. The fourth-order valence-corrected chi connectivity index (χ4v) is 9.79. The van der Waals surface area contributed by atoms with Gasteiger partial charge in [0.1, 0.15) is 0 Å². The molecular formula is C52H50N8O7. The van der Waals surface area contributed by atoms with E-state index in [9.17, 15) is 24.3 Å². The molecule has 4 amide bonds. The Labute approximate surface area is 388 Å². The molecule has 0 spiro atoms. The Hall–Kier alpha value is -7.94. The highest BCUT2D eigenvalue weighted by atomic mass is 16.5. The monoisotopic (exact) mass is 898 g/mol. The molecule has 0 unspecified atom stereocenters. The molecule has 1 N–H and O–H groups in total. The largest absolute Gasteiger partial charge is 0.502 e. The number of hydrogen-bond donors (Lipinski definition) is 1. The first-order chi connectivity index (χ1) is 32.3. The van der Waals surface area contributed by atoms with Crippen LogP contribution in [0.3, 0.4) is 0 Å². The van der Waals surface area contributed by atoms with Gasteiger partial charge in [-0.05, 0) is 134 Å². The molecule has 2 aliphatic carbocycles. The van der Waals surface area contributed by atoms with E-state index in [1.54, 1.807) is 66.7 Å². The molecule has 6 atom stereocenters. The zero-order valence-corrected chi connectivity index (χ0v) is 38.0. The van der Waals surface area contributed by atoms with Crippen molar-refractivity contribution in [1.29, 1.82) is 0 Å². The number of nitrogens with zero attached hydrogens (tertiary/aromatic N) is 8. The molecule has 0 radical (unpaired) electrons. The fraction of sp³-hybridized carbons (Fsp3) is 0.269. The number of methoxy groups -OCH3 is 2. The highest BCUT2D eigenvalue weighted by Crippen LogP contribution is 2.56. The molecule has 15 heteroatoms. The van der Waals surface area contributed by atoms with Crippen LogP contribution in [0, 0.1) is 35.5 Å². The zero-order chi connectivity index (χ0) is 47.1. The zero-order valence-electron chi connectivity index (χ0n) is 38.0. The maximum atomic E-state index is 14.7. The number of rotatable bonds is 12. The summed E-state index contributed by atoms with van der Waals surface area (Å²) in [6, 6.07) is 32.2. The van der Waals surface area contributed by atoms with Crippen molar-refractivity contribution in [2.45, 2.75) is 12.8 Å². The quantitative estimate of drug-likeness (QED) is 0.0728. The van der Waals surface area contributed by atoms with Crippen LogP contribution in [0.4, 0.5) is 45.5 Å². The Morgan fingerprint density at radius 2 is 0.985 bits per heavy atom. The van der Waals surface area contributed by atoms with Gasteiger partial charge in [0.05, 0.1) is 72.0 Å². The second-order valence-electron chi connectivity index (χ2n) is 17.5. The number of amides is 4. The summed E-state index contributed by atoms with van der Waals surface area (Å²) in [4.78, 5) is 64.7. The lowest BCUT2D eigenvalue weighted by Crippen LogP contribution is -2.43. The summed E-state index contributed by atoms with van der Waals surface area (Å²) in [6.45, 7) is 0. The molecule has 5 aromatic carbocycles. The SMILES string of the molecule is COc1cc(C=C[C@H]2C3=CC[C@@H]4C(=O)N(c5ccc(N=Nc6ccc(N(C)C)cc6)cc5)C(=O)[C@@H]4[C@@H]3C[C@H]3C(=O)N(c4ccc(N=Nc5ccc(N(C)C)cc5)cc4)C(=O)[C@@H]23)cc(OC)c1O. The molecule has 340 valence electrons. The molecule has 2 heterocycles. The smallest absolute Gasteiger partial charge is 0.238 e. The average Bonchev–Trinajstić information content (AvgIpc) is 3.75. The molecule has 2 saturated heterocycles. The second-order valence-corrected chi connectivity index (χ2v) is 17.5. The normalized spacial score (nSPS) is 22.4. The van der Waals surface area contributed by atoms with E-state index in [-0.39, 0.29) is 47.3 Å². The number of anilines is 4. The number of phenolic OH excluding ortho intramolecular Hbond substituents is 1. The van der Waals surface area contributed by atoms with Gasteiger partial charge < -0.3 is 24.4 Å². The molecule has 3 fully saturated rings. The molecule has 15 nitrogen and oxygen atoms in total. The second kappa shape index (κ2) is 18.1. The third kappa shape index (κ3) is 8.32. The Kier molecular flexibility index (Phi) is 12.0. The van der Waals surface area contributed by atoms with Crippen LogP contribution >= 0.6 is 0 Å². The van der Waals surface area contributed by atoms with Gasteiger partial charge in [-0.1, -0.05) is 23.8 Å². The topological polar surface area (TPSA) is 169 Å². The Bertz CT molecular complexity index is 2830. The van der Waals surface area contributed by atoms with Crippen molar-refractivity contribution < 1.29 is 33.8 Å². The third-order valence-corrected chi connectivity index (χ3v) is 13.2. The van der Waals surface area contributed by atoms with Crippen molar-refractivity contribution in [2.75, 3.05) is 62.0 Å². The van der Waals surface area contributed by atoms with E-state index in [0.717, 1.165) is 16.9 Å². The standard InChI is InChI=1S/C52H50N8O7/c1-57(2)35-16-8-31(9-17-35)53-55-33-12-20-37(21-13-33)59-49(62)41-26-25-39-40(24-7-30-27-44(66-5)48(61)45(28-30)67-6)46-43(29-42(39)47(41)52(59)65)50(63)60(51(46)64)38-22-14-34(15-23-38)56-54-32-10-18-36(19-11-32)58(3)4/h7-25,27-28,40-43,46-47,61H,26,29H2,1-6H3/t40-,41-,42+,43+,46-,47-/m0/s1. The highest BCUT2D eigenvalue weighted by molar-refractivity contribution is 6.24. The van der Waals surface area contributed by atoms with Crippen molar-refractivity contribution in [2.24, 2.45) is 56.0 Å². The van der Waals surface area contributed by atoms with Gasteiger partial charge in [0.15, 0.2) is 11.5 Å². The number of carbonyl (C=O) groups excluding carboxylic acids is 4. The molecule has 1 saturated carbocycles. The lowest BCUT2D eigenvalue weighted by atomic mass is 9.58. The van der Waals surface area contributed by atoms with Crippen LogP contribution in [0.15, 0.2) is 147 Å². The first-order valence-corrected chi connectivity index (χ1v) is 22.0. The van der Waals surface area contributed by atoms with Gasteiger partial charge in [-0.25, -0.2) is 0 Å². The van der Waals surface area contributed by atoms with Gasteiger partial charge >= 0.3 is 0 Å². The lowest BCUT2D eigenvalue weighted by Gasteiger charge is -2.42. The van der Waals surface area contributed by atoms with E-state index in [4.69, 9.17) is 9.47 Å². The Balaban J connectivity index is 1.00. The first-order valence-electron chi connectivity index (χ1n) is 22.0. The number of ether oxygens (including phenoxy) is 2. The fourth-order valence-electron chi connectivity index (χ4n) is 9.79. The molecule has 9 rings (SSSR count). The van der Waals surface area contributed by atoms with Crippen LogP contribution < -0.4 is 29.1 Å². The number of imide groups is 2. The van der Waals surface area contributed by atoms with Gasteiger partial charge in [-0.2, -0.15) is 20.5 Å². The van der Waals surface area contributed by atoms with E-state index in [1.165, 1.54) is 24.0 Å². The van der Waals surface area contributed by atoms with Crippen LogP contribution in [-0.2, 0) is 19.2 Å². The van der Waals surface area contributed by atoms with Gasteiger partial charge in [0.2, 0.25) is 29.4 Å². The highest BCUT2D eigenvalue weighted by Gasteiger charge is 2.61. The maximum absolute atomic E-state index is 14.7. The van der Waals surface area contributed by atoms with Crippen molar-refractivity contribution in [1.82, 2.24) is 0 Å². The molecule has 5 aromatic rings. The Morgan fingerprint density at radius 3 is 1.42 bits per heavy atom. The van der Waals surface area contributed by atoms with Gasteiger partial charge in [-0.15, -0.1) is 0 Å². The third-order valence-electron chi connectivity index (χ3n) is 13.2. The number of aromatic hydroxyl groups is 1. The van der Waals surface area contributed by atoms with Crippen molar-refractivity contribution in [3.8, 4) is 17.2 Å². The number of fused-ring (bicyclic) bond motifs is 4. The van der Waals surface area contributed by atoms with Crippen LogP contribution in [0.1, 0.15) is 18.4 Å². The van der Waals surface area contributed by atoms with Gasteiger partial charge in [-0.3, -0.25) is 29.0 Å². The molecular weight excluding hydrogens is 849 g/mol. The molecule has 67 heavy (non-hydrogen) atoms. The molecule has 4 aliphatic rings. The van der Waals surface area contributed by atoms with Crippen molar-refractivity contribution in [3.63, 3.8) is 0 Å². The molecule has 0 bridgehead atoms. The first kappa shape index (κ1) is 44.3. The average molecular weight is 899 g/mol. The Morgan fingerprint density at radius 1 is 0.567 bits per heavy atom. The van der Waals surface area contributed by atoms with Crippen LogP contribution in [0.2, 0.25) is 0 Å². The minimum absolute atomic E-state index is 0.154. The summed E-state index contributed by atoms with van der Waals surface area (Å²) in [5.41, 5.74) is 6.80. The summed E-state index contributed by atoms with van der Waals surface area (Å²) < 4.78 is 10.8. The molecule has 0 aromatic heterocycles. The van der Waals surface area contributed by atoms with E-state index in [1.807, 2.05) is 98.7 Å². The van der Waals surface area contributed by atoms with Crippen LogP contribution in [0.25, 0.3) is 6.08 Å². The van der Waals surface area contributed by atoms with E-state index >= 15 is 0 Å². The number of carbonyl (C=O) groups is 4. The van der Waals surface area contributed by atoms with E-state index in [0.29, 0.717) is 46.1 Å². The predicted molar refractivity (Wildman–Crippen MR) is 256 cm³/mol. The van der Waals surface area contributed by atoms with Gasteiger partial charge in [0.25, 0.3) is 0 Å². The van der Waals surface area contributed by atoms with E-state index < -0.39 is 35.5 Å². The maximum Gasteiger partial charge on any atom is 0.238 e. The van der Waals surface area contributed by atoms with Crippen molar-refractivity contribution in [3.05, 3.63) is 132 Å². The predicted octanol–water partition coefficient (Wildman–Crippen LogP) is 9.96. The summed E-state index contributed by atoms with van der Waals surface area (Å²) in [5, 5.41) is 28.1. The van der Waals surface area contributed by atoms with Crippen molar-refractivity contribution >= 4 is 75.2 Å². The number of benzene rings is 5. The number of allylic oxidation sites excluding steroid dienone is 3. The minimum atomic E-state index is -0.788.